The van der Waals surface area contributed by atoms with Gasteiger partial charge in [0.25, 0.3) is 0 Å². The van der Waals surface area contributed by atoms with Crippen LogP contribution in [0.5, 0.6) is 0 Å². The topological polar surface area (TPSA) is 21.1 Å². The van der Waals surface area contributed by atoms with Crippen molar-refractivity contribution in [1.29, 1.82) is 0 Å². The Kier molecular flexibility index (Phi) is 2.44. The number of hydrogen-bond acceptors (Lipinski definition) is 2. The average Bonchev–Trinajstić information content (AvgIpc) is 2.65. The fourth-order valence-corrected chi connectivity index (χ4v) is 3.41. The van der Waals surface area contributed by atoms with Gasteiger partial charge in [-0.2, -0.15) is 0 Å². The number of aryl methyl sites for hydroxylation is 1. The summed E-state index contributed by atoms with van der Waals surface area (Å²) in [6.07, 6.45) is 8.20. The molecule has 4 heteroatoms. The maximum absolute atomic E-state index is 4.55. The van der Waals surface area contributed by atoms with Crippen LogP contribution in [0.25, 0.3) is 5.57 Å². The molecule has 0 spiro atoms. The lowest BCUT2D eigenvalue weighted by Crippen LogP contribution is -2.34. The van der Waals surface area contributed by atoms with E-state index < -0.39 is 0 Å². The van der Waals surface area contributed by atoms with Gasteiger partial charge in [-0.3, -0.25) is 4.90 Å². The van der Waals surface area contributed by atoms with Crippen molar-refractivity contribution in [3.63, 3.8) is 0 Å². The maximum Gasteiger partial charge on any atom is 0.136 e. The van der Waals surface area contributed by atoms with E-state index in [4.69, 9.17) is 0 Å². The molecular weight excluding hydrogens is 266 g/mol. The molecule has 0 aliphatic carbocycles. The first kappa shape index (κ1) is 10.5. The number of aromatic nitrogens is 2. The Labute approximate surface area is 104 Å². The molecule has 2 bridgehead atoms. The molecule has 0 aromatic carbocycles. The molecule has 0 amide bonds. The van der Waals surface area contributed by atoms with E-state index >= 15 is 0 Å². The quantitative estimate of drug-likeness (QED) is 0.789. The minimum Gasteiger partial charge on any atom is -0.333 e. The van der Waals surface area contributed by atoms with Crippen LogP contribution in [0.15, 0.2) is 16.9 Å². The van der Waals surface area contributed by atoms with E-state index in [-0.39, 0.29) is 0 Å². The van der Waals surface area contributed by atoms with E-state index in [9.17, 15) is 0 Å². The van der Waals surface area contributed by atoms with Crippen LogP contribution in [0.4, 0.5) is 0 Å². The molecule has 0 N–H and O–H groups in total. The lowest BCUT2D eigenvalue weighted by atomic mass is 10.0. The SMILES string of the molecule is CN1C2C=C(c3nc(Br)cn3C)CC1CC2. The molecule has 1 fully saturated rings. The van der Waals surface area contributed by atoms with Crippen LogP contribution in [-0.4, -0.2) is 33.6 Å². The third-order valence-corrected chi connectivity index (χ3v) is 4.26. The highest BCUT2D eigenvalue weighted by molar-refractivity contribution is 9.10. The van der Waals surface area contributed by atoms with Crippen molar-refractivity contribution in [3.8, 4) is 0 Å². The number of likely N-dealkylation sites (N-methyl/N-ethyl adjacent to an activating group) is 1. The monoisotopic (exact) mass is 281 g/mol. The van der Waals surface area contributed by atoms with Crippen molar-refractivity contribution in [2.24, 2.45) is 7.05 Å². The van der Waals surface area contributed by atoms with Crippen molar-refractivity contribution >= 4 is 21.5 Å². The Morgan fingerprint density at radius 3 is 2.81 bits per heavy atom. The van der Waals surface area contributed by atoms with Gasteiger partial charge in [-0.05, 0) is 47.8 Å². The fraction of sp³-hybridized carbons (Fsp3) is 0.583. The van der Waals surface area contributed by atoms with E-state index in [1.807, 2.05) is 6.20 Å². The molecule has 0 saturated carbocycles. The van der Waals surface area contributed by atoms with Gasteiger partial charge in [0.05, 0.1) is 0 Å². The number of fused-ring (bicyclic) bond motifs is 2. The van der Waals surface area contributed by atoms with Crippen molar-refractivity contribution in [3.05, 3.63) is 22.7 Å². The highest BCUT2D eigenvalue weighted by atomic mass is 79.9. The molecule has 3 nitrogen and oxygen atoms in total. The molecule has 3 heterocycles. The van der Waals surface area contributed by atoms with Crippen LogP contribution in [0.2, 0.25) is 0 Å². The van der Waals surface area contributed by atoms with E-state index in [1.54, 1.807) is 0 Å². The predicted octanol–water partition coefficient (Wildman–Crippen LogP) is 2.43. The van der Waals surface area contributed by atoms with Crippen LogP contribution >= 0.6 is 15.9 Å². The van der Waals surface area contributed by atoms with Crippen LogP contribution in [0, 0.1) is 0 Å². The summed E-state index contributed by atoms with van der Waals surface area (Å²) in [5, 5.41) is 0. The van der Waals surface area contributed by atoms with Gasteiger partial charge in [0.15, 0.2) is 0 Å². The third kappa shape index (κ3) is 1.55. The summed E-state index contributed by atoms with van der Waals surface area (Å²) < 4.78 is 3.04. The van der Waals surface area contributed by atoms with Gasteiger partial charge in [-0.25, -0.2) is 4.98 Å². The molecule has 2 aliphatic heterocycles. The zero-order valence-electron chi connectivity index (χ0n) is 9.65. The standard InChI is InChI=1S/C12H16BrN3/c1-15-7-11(13)14-12(15)8-5-9-3-4-10(6-8)16(9)2/h5,7,9-10H,3-4,6H2,1-2H3. The van der Waals surface area contributed by atoms with Crippen LogP contribution in [-0.2, 0) is 7.05 Å². The van der Waals surface area contributed by atoms with Crippen LogP contribution in [0.3, 0.4) is 0 Å². The Morgan fingerprint density at radius 2 is 2.19 bits per heavy atom. The Morgan fingerprint density at radius 1 is 1.38 bits per heavy atom. The first-order chi connectivity index (χ1) is 7.65. The molecule has 2 aliphatic rings. The summed E-state index contributed by atoms with van der Waals surface area (Å²) in [6.45, 7) is 0. The minimum atomic E-state index is 0.629. The average molecular weight is 282 g/mol. The van der Waals surface area contributed by atoms with Crippen LogP contribution in [0.1, 0.15) is 25.1 Å². The molecule has 1 aromatic heterocycles. The summed E-state index contributed by atoms with van der Waals surface area (Å²) in [6, 6.07) is 1.35. The lowest BCUT2D eigenvalue weighted by Gasteiger charge is -2.30. The highest BCUT2D eigenvalue weighted by Gasteiger charge is 2.34. The first-order valence-corrected chi connectivity index (χ1v) is 6.56. The summed E-state index contributed by atoms with van der Waals surface area (Å²) in [7, 11) is 4.30. The third-order valence-electron chi connectivity index (χ3n) is 3.88. The fourth-order valence-electron chi connectivity index (χ4n) is 2.94. The molecule has 86 valence electrons. The largest absolute Gasteiger partial charge is 0.333 e. The molecule has 1 aromatic rings. The number of nitrogens with zero attached hydrogens (tertiary/aromatic N) is 3. The van der Waals surface area contributed by atoms with Crippen molar-refractivity contribution in [2.75, 3.05) is 7.05 Å². The number of imidazole rings is 1. The second-order valence-corrected chi connectivity index (χ2v) is 5.67. The second-order valence-electron chi connectivity index (χ2n) is 4.86. The maximum atomic E-state index is 4.55. The van der Waals surface area contributed by atoms with Crippen molar-refractivity contribution < 1.29 is 0 Å². The van der Waals surface area contributed by atoms with E-state index in [0.717, 1.165) is 22.9 Å². The Hall–Kier alpha value is -0.610. The number of rotatable bonds is 1. The van der Waals surface area contributed by atoms with Gasteiger partial charge in [-0.15, -0.1) is 0 Å². The van der Waals surface area contributed by atoms with Crippen molar-refractivity contribution in [1.82, 2.24) is 14.5 Å². The van der Waals surface area contributed by atoms with Gasteiger partial charge < -0.3 is 4.57 Å². The molecule has 0 radical (unpaired) electrons. The number of halogens is 1. The molecule has 16 heavy (non-hydrogen) atoms. The van der Waals surface area contributed by atoms with Gasteiger partial charge in [0.2, 0.25) is 0 Å². The van der Waals surface area contributed by atoms with Gasteiger partial charge in [0, 0.05) is 25.3 Å². The smallest absolute Gasteiger partial charge is 0.136 e. The molecule has 2 atom stereocenters. The van der Waals surface area contributed by atoms with E-state index in [0.29, 0.717) is 6.04 Å². The highest BCUT2D eigenvalue weighted by Crippen LogP contribution is 2.37. The Bertz CT molecular complexity index is 449. The Balaban J connectivity index is 1.97. The van der Waals surface area contributed by atoms with E-state index in [2.05, 4.69) is 50.6 Å². The normalized spacial score (nSPS) is 29.6. The van der Waals surface area contributed by atoms with Gasteiger partial charge >= 0.3 is 0 Å². The van der Waals surface area contributed by atoms with Crippen molar-refractivity contribution in [2.45, 2.75) is 31.3 Å². The minimum absolute atomic E-state index is 0.629. The lowest BCUT2D eigenvalue weighted by molar-refractivity contribution is 0.264. The molecule has 2 unspecified atom stereocenters. The summed E-state index contributed by atoms with van der Waals surface area (Å²) in [5.41, 5.74) is 1.42. The van der Waals surface area contributed by atoms with Gasteiger partial charge in [-0.1, -0.05) is 6.08 Å². The molecule has 1 saturated heterocycles. The number of hydrogen-bond donors (Lipinski definition) is 0. The predicted molar refractivity (Wildman–Crippen MR) is 68.1 cm³/mol. The molecular formula is C12H16BrN3. The van der Waals surface area contributed by atoms with E-state index in [1.165, 1.54) is 18.4 Å². The summed E-state index contributed by atoms with van der Waals surface area (Å²) >= 11 is 3.44. The molecule has 3 rings (SSSR count). The summed E-state index contributed by atoms with van der Waals surface area (Å²) in [5.74, 6) is 1.12. The second kappa shape index (κ2) is 3.70. The first-order valence-electron chi connectivity index (χ1n) is 5.77. The zero-order chi connectivity index (χ0) is 11.3. The van der Waals surface area contributed by atoms with Gasteiger partial charge in [0.1, 0.15) is 10.4 Å². The van der Waals surface area contributed by atoms with Crippen LogP contribution < -0.4 is 0 Å². The summed E-state index contributed by atoms with van der Waals surface area (Å²) in [4.78, 5) is 7.05. The zero-order valence-corrected chi connectivity index (χ0v) is 11.2.